The highest BCUT2D eigenvalue weighted by Gasteiger charge is 2.43. The molecule has 2 rings (SSSR count). The Morgan fingerprint density at radius 2 is 2.19 bits per heavy atom. The monoisotopic (exact) mass is 284 g/mol. The number of rotatable bonds is 3. The molecule has 3 nitrogen and oxygen atoms in total. The molecule has 4 heteroatoms. The van der Waals surface area contributed by atoms with Crippen LogP contribution in [0.4, 0.5) is 0 Å². The van der Waals surface area contributed by atoms with Crippen molar-refractivity contribution in [2.75, 3.05) is 13.1 Å². The summed E-state index contributed by atoms with van der Waals surface area (Å²) in [6.45, 7) is 6.46. The molecule has 1 saturated heterocycles. The molecule has 0 unspecified atom stereocenters. The van der Waals surface area contributed by atoms with Crippen LogP contribution in [0.1, 0.15) is 19.5 Å². The summed E-state index contributed by atoms with van der Waals surface area (Å²) < 4.78 is 0.999. The predicted molar refractivity (Wildman–Crippen MR) is 67.0 cm³/mol. The van der Waals surface area contributed by atoms with Gasteiger partial charge in [0, 0.05) is 30.3 Å². The van der Waals surface area contributed by atoms with E-state index in [-0.39, 0.29) is 0 Å². The molecular formula is C12H17BrN2O. The molecule has 0 aliphatic carbocycles. The molecule has 0 atom stereocenters. The van der Waals surface area contributed by atoms with E-state index in [0.29, 0.717) is 5.92 Å². The SMILES string of the molecule is CC(C)C1(O)CN(Cc2ccc(Br)cn2)C1. The average molecular weight is 285 g/mol. The highest BCUT2D eigenvalue weighted by molar-refractivity contribution is 9.10. The lowest BCUT2D eigenvalue weighted by atomic mass is 9.83. The maximum atomic E-state index is 10.1. The normalized spacial score (nSPS) is 19.8. The lowest BCUT2D eigenvalue weighted by Gasteiger charge is -2.49. The van der Waals surface area contributed by atoms with Gasteiger partial charge in [0.2, 0.25) is 0 Å². The molecule has 0 bridgehead atoms. The molecule has 1 aliphatic rings. The number of likely N-dealkylation sites (tertiary alicyclic amines) is 1. The second kappa shape index (κ2) is 4.43. The van der Waals surface area contributed by atoms with Gasteiger partial charge in [0.15, 0.2) is 0 Å². The maximum absolute atomic E-state index is 10.1. The molecule has 0 spiro atoms. The molecule has 1 fully saturated rings. The van der Waals surface area contributed by atoms with Gasteiger partial charge in [0.1, 0.15) is 0 Å². The molecule has 1 aromatic heterocycles. The molecule has 0 aromatic carbocycles. The zero-order chi connectivity index (χ0) is 11.8. The van der Waals surface area contributed by atoms with Crippen LogP contribution in [0.2, 0.25) is 0 Å². The Labute approximate surface area is 105 Å². The van der Waals surface area contributed by atoms with Crippen molar-refractivity contribution in [3.05, 3.63) is 28.5 Å². The third-order valence-electron chi connectivity index (χ3n) is 3.24. The molecule has 0 saturated carbocycles. The lowest BCUT2D eigenvalue weighted by Crippen LogP contribution is -2.63. The Kier molecular flexibility index (Phi) is 3.33. The third-order valence-corrected chi connectivity index (χ3v) is 3.71. The number of β-amino-alcohol motifs (C(OH)–C–C–N with tert-alkyl or cyclic N) is 1. The summed E-state index contributed by atoms with van der Waals surface area (Å²) >= 11 is 3.36. The third kappa shape index (κ3) is 2.44. The fraction of sp³-hybridized carbons (Fsp3) is 0.583. The number of aromatic nitrogens is 1. The van der Waals surface area contributed by atoms with Gasteiger partial charge >= 0.3 is 0 Å². The van der Waals surface area contributed by atoms with Crippen LogP contribution >= 0.6 is 15.9 Å². The fourth-order valence-corrected chi connectivity index (χ4v) is 2.17. The first-order valence-electron chi connectivity index (χ1n) is 5.55. The van der Waals surface area contributed by atoms with Crippen molar-refractivity contribution in [1.29, 1.82) is 0 Å². The molecule has 1 aliphatic heterocycles. The van der Waals surface area contributed by atoms with Gasteiger partial charge in [-0.3, -0.25) is 9.88 Å². The van der Waals surface area contributed by atoms with E-state index < -0.39 is 5.60 Å². The Morgan fingerprint density at radius 3 is 2.69 bits per heavy atom. The van der Waals surface area contributed by atoms with Gasteiger partial charge in [0.25, 0.3) is 0 Å². The number of hydrogen-bond acceptors (Lipinski definition) is 3. The van der Waals surface area contributed by atoms with E-state index in [9.17, 15) is 5.11 Å². The molecule has 16 heavy (non-hydrogen) atoms. The first-order valence-corrected chi connectivity index (χ1v) is 6.34. The smallest absolute Gasteiger partial charge is 0.0923 e. The number of pyridine rings is 1. The van der Waals surface area contributed by atoms with Crippen LogP contribution in [-0.2, 0) is 6.54 Å². The van der Waals surface area contributed by atoms with E-state index in [1.54, 1.807) is 0 Å². The van der Waals surface area contributed by atoms with Crippen molar-refractivity contribution in [2.45, 2.75) is 26.0 Å². The molecule has 88 valence electrons. The van der Waals surface area contributed by atoms with Crippen molar-refractivity contribution < 1.29 is 5.11 Å². The van der Waals surface area contributed by atoms with E-state index in [1.165, 1.54) is 0 Å². The molecule has 0 radical (unpaired) electrons. The average Bonchev–Trinajstić information content (AvgIpc) is 2.18. The topological polar surface area (TPSA) is 36.4 Å². The van der Waals surface area contributed by atoms with Crippen LogP contribution in [0.3, 0.4) is 0 Å². The van der Waals surface area contributed by atoms with Crippen molar-refractivity contribution in [2.24, 2.45) is 5.92 Å². The van der Waals surface area contributed by atoms with E-state index in [0.717, 1.165) is 29.8 Å². The lowest BCUT2D eigenvalue weighted by molar-refractivity contribution is -0.131. The largest absolute Gasteiger partial charge is 0.387 e. The van der Waals surface area contributed by atoms with E-state index >= 15 is 0 Å². The van der Waals surface area contributed by atoms with Gasteiger partial charge in [-0.1, -0.05) is 13.8 Å². The second-order valence-corrected chi connectivity index (χ2v) is 5.79. The minimum absolute atomic E-state index is 0.321. The van der Waals surface area contributed by atoms with E-state index in [1.807, 2.05) is 18.3 Å². The zero-order valence-corrected chi connectivity index (χ0v) is 11.2. The summed E-state index contributed by atoms with van der Waals surface area (Å²) in [7, 11) is 0. The van der Waals surface area contributed by atoms with Crippen molar-refractivity contribution in [3.8, 4) is 0 Å². The summed E-state index contributed by atoms with van der Waals surface area (Å²) in [4.78, 5) is 6.54. The van der Waals surface area contributed by atoms with Gasteiger partial charge < -0.3 is 5.11 Å². The first kappa shape index (κ1) is 12.0. The van der Waals surface area contributed by atoms with Gasteiger partial charge in [-0.25, -0.2) is 0 Å². The number of aliphatic hydroxyl groups is 1. The molecule has 1 aromatic rings. The van der Waals surface area contributed by atoms with Gasteiger partial charge in [-0.05, 0) is 34.0 Å². The zero-order valence-electron chi connectivity index (χ0n) is 9.65. The van der Waals surface area contributed by atoms with Crippen molar-refractivity contribution >= 4 is 15.9 Å². The fourth-order valence-electron chi connectivity index (χ4n) is 1.93. The second-order valence-electron chi connectivity index (χ2n) is 4.87. The van der Waals surface area contributed by atoms with Crippen LogP contribution in [0.5, 0.6) is 0 Å². The Balaban J connectivity index is 1.88. The van der Waals surface area contributed by atoms with Gasteiger partial charge in [-0.15, -0.1) is 0 Å². The van der Waals surface area contributed by atoms with Crippen molar-refractivity contribution in [1.82, 2.24) is 9.88 Å². The Morgan fingerprint density at radius 1 is 1.50 bits per heavy atom. The highest BCUT2D eigenvalue weighted by atomic mass is 79.9. The predicted octanol–water partition coefficient (Wildman–Crippen LogP) is 2.05. The number of halogens is 1. The summed E-state index contributed by atoms with van der Waals surface area (Å²) in [5.74, 6) is 0.321. The van der Waals surface area contributed by atoms with Crippen LogP contribution in [-0.4, -0.2) is 33.7 Å². The Hall–Kier alpha value is -0.450. The van der Waals surface area contributed by atoms with Crippen molar-refractivity contribution in [3.63, 3.8) is 0 Å². The van der Waals surface area contributed by atoms with E-state index in [2.05, 4.69) is 39.7 Å². The molecular weight excluding hydrogens is 268 g/mol. The van der Waals surface area contributed by atoms with Crippen LogP contribution in [0.15, 0.2) is 22.8 Å². The summed E-state index contributed by atoms with van der Waals surface area (Å²) in [6.07, 6.45) is 1.81. The van der Waals surface area contributed by atoms with E-state index in [4.69, 9.17) is 0 Å². The van der Waals surface area contributed by atoms with Crippen LogP contribution in [0, 0.1) is 5.92 Å². The maximum Gasteiger partial charge on any atom is 0.0923 e. The first-order chi connectivity index (χ1) is 7.49. The minimum Gasteiger partial charge on any atom is -0.387 e. The van der Waals surface area contributed by atoms with Gasteiger partial charge in [-0.2, -0.15) is 0 Å². The van der Waals surface area contributed by atoms with Gasteiger partial charge in [0.05, 0.1) is 11.3 Å². The highest BCUT2D eigenvalue weighted by Crippen LogP contribution is 2.29. The summed E-state index contributed by atoms with van der Waals surface area (Å²) in [5, 5.41) is 10.1. The van der Waals surface area contributed by atoms with Crippen LogP contribution in [0.25, 0.3) is 0 Å². The summed E-state index contributed by atoms with van der Waals surface area (Å²) in [6, 6.07) is 4.01. The number of hydrogen-bond donors (Lipinski definition) is 1. The molecule has 0 amide bonds. The quantitative estimate of drug-likeness (QED) is 0.923. The molecule has 1 N–H and O–H groups in total. The summed E-state index contributed by atoms with van der Waals surface area (Å²) in [5.41, 5.74) is 0.559. The standard InChI is InChI=1S/C12H17BrN2O/c1-9(2)12(16)7-15(8-12)6-11-4-3-10(13)5-14-11/h3-5,9,16H,6-8H2,1-2H3. The minimum atomic E-state index is -0.491. The Bertz CT molecular complexity index is 358. The molecule has 2 heterocycles. The number of nitrogens with zero attached hydrogens (tertiary/aromatic N) is 2. The van der Waals surface area contributed by atoms with Crippen LogP contribution < -0.4 is 0 Å².